The second-order valence-electron chi connectivity index (χ2n) is 6.16. The van der Waals surface area contributed by atoms with Gasteiger partial charge in [0.15, 0.2) is 0 Å². The molecule has 0 unspecified atom stereocenters. The number of aliphatic hydroxyl groups is 1. The minimum atomic E-state index is -3.69. The molecule has 1 fully saturated rings. The van der Waals surface area contributed by atoms with Crippen molar-refractivity contribution in [1.29, 1.82) is 0 Å². The van der Waals surface area contributed by atoms with Crippen LogP contribution in [0.3, 0.4) is 0 Å². The molecule has 1 saturated heterocycles. The largest absolute Gasteiger partial charge is 0.493 e. The molecule has 0 radical (unpaired) electrons. The Morgan fingerprint density at radius 1 is 1.25 bits per heavy atom. The number of aliphatic hydroxyl groups excluding tert-OH is 1. The highest BCUT2D eigenvalue weighted by Crippen LogP contribution is 2.49. The van der Waals surface area contributed by atoms with E-state index < -0.39 is 10.0 Å². The Labute approximate surface area is 140 Å². The summed E-state index contributed by atoms with van der Waals surface area (Å²) < 4.78 is 33.5. The van der Waals surface area contributed by atoms with E-state index in [2.05, 4.69) is 4.98 Å². The van der Waals surface area contributed by atoms with Gasteiger partial charge in [0.05, 0.1) is 12.6 Å². The van der Waals surface area contributed by atoms with Gasteiger partial charge in [0.1, 0.15) is 10.6 Å². The van der Waals surface area contributed by atoms with Gasteiger partial charge in [-0.25, -0.2) is 8.42 Å². The van der Waals surface area contributed by atoms with Crippen molar-refractivity contribution in [3.05, 3.63) is 54.4 Å². The van der Waals surface area contributed by atoms with Gasteiger partial charge in [-0.1, -0.05) is 18.2 Å². The molecule has 0 bridgehead atoms. The number of para-hydroxylation sites is 1. The number of aromatic nitrogens is 1. The van der Waals surface area contributed by atoms with Gasteiger partial charge in [0.25, 0.3) is 0 Å². The standard InChI is InChI=1S/C17H18N2O4S/c20-10-12-9-19(24(21,22)13-4-3-7-18-8-13)17-14-5-1-2-6-16(14)23-11-15(12)17/h1-8,12,15,17,20H,9-11H2/t12-,15-,17-/m0/s1. The number of fused-ring (bicyclic) bond motifs is 3. The number of benzene rings is 1. The molecule has 1 N–H and O–H groups in total. The average Bonchev–Trinajstić information content (AvgIpc) is 3.02. The van der Waals surface area contributed by atoms with Crippen LogP contribution < -0.4 is 4.74 Å². The fourth-order valence-electron chi connectivity index (χ4n) is 3.68. The zero-order valence-electron chi connectivity index (χ0n) is 12.9. The fraction of sp³-hybridized carbons (Fsp3) is 0.353. The van der Waals surface area contributed by atoms with E-state index in [1.165, 1.54) is 10.5 Å². The number of ether oxygens (including phenoxy) is 1. The number of hydrogen-bond donors (Lipinski definition) is 1. The van der Waals surface area contributed by atoms with Crippen molar-refractivity contribution in [2.45, 2.75) is 10.9 Å². The van der Waals surface area contributed by atoms with Gasteiger partial charge in [0, 0.05) is 42.9 Å². The molecule has 0 spiro atoms. The number of hydrogen-bond acceptors (Lipinski definition) is 5. The molecule has 0 amide bonds. The molecule has 4 rings (SSSR count). The summed E-state index contributed by atoms with van der Waals surface area (Å²) in [6.45, 7) is 0.623. The Morgan fingerprint density at radius 2 is 2.08 bits per heavy atom. The van der Waals surface area contributed by atoms with Crippen molar-refractivity contribution < 1.29 is 18.3 Å². The van der Waals surface area contributed by atoms with E-state index >= 15 is 0 Å². The minimum absolute atomic E-state index is 0.0589. The highest BCUT2D eigenvalue weighted by atomic mass is 32.2. The summed E-state index contributed by atoms with van der Waals surface area (Å²) in [5.74, 6) is 0.509. The molecule has 3 heterocycles. The highest BCUT2D eigenvalue weighted by Gasteiger charge is 2.50. The molecule has 2 aromatic rings. The van der Waals surface area contributed by atoms with Gasteiger partial charge in [-0.15, -0.1) is 0 Å². The molecule has 2 aliphatic rings. The third kappa shape index (κ3) is 2.31. The Bertz CT molecular complexity index is 841. The van der Waals surface area contributed by atoms with E-state index in [0.717, 1.165) is 5.56 Å². The van der Waals surface area contributed by atoms with Gasteiger partial charge >= 0.3 is 0 Å². The van der Waals surface area contributed by atoms with Gasteiger partial charge in [-0.05, 0) is 18.2 Å². The summed E-state index contributed by atoms with van der Waals surface area (Å²) in [6, 6.07) is 10.3. The van der Waals surface area contributed by atoms with E-state index in [0.29, 0.717) is 12.4 Å². The molecule has 126 valence electrons. The van der Waals surface area contributed by atoms with Gasteiger partial charge in [0.2, 0.25) is 10.0 Å². The summed E-state index contributed by atoms with van der Waals surface area (Å²) in [5.41, 5.74) is 0.858. The Morgan fingerprint density at radius 3 is 2.83 bits per heavy atom. The van der Waals surface area contributed by atoms with Gasteiger partial charge in [-0.2, -0.15) is 4.31 Å². The normalized spacial score (nSPS) is 26.5. The topological polar surface area (TPSA) is 79.7 Å². The van der Waals surface area contributed by atoms with E-state index in [4.69, 9.17) is 4.74 Å². The zero-order valence-corrected chi connectivity index (χ0v) is 13.8. The molecule has 2 aliphatic heterocycles. The monoisotopic (exact) mass is 346 g/mol. The molecule has 1 aromatic heterocycles. The van der Waals surface area contributed by atoms with Crippen molar-refractivity contribution >= 4 is 10.0 Å². The van der Waals surface area contributed by atoms with Gasteiger partial charge in [-0.3, -0.25) is 4.98 Å². The number of pyridine rings is 1. The van der Waals surface area contributed by atoms with Crippen molar-refractivity contribution in [3.8, 4) is 5.75 Å². The lowest BCUT2D eigenvalue weighted by Gasteiger charge is -2.33. The van der Waals surface area contributed by atoms with Crippen molar-refractivity contribution in [3.63, 3.8) is 0 Å². The lowest BCUT2D eigenvalue weighted by atomic mass is 9.86. The SMILES string of the molecule is O=S(=O)(c1cccnc1)N1C[C@@H](CO)[C@@H]2COc3ccccc3[C@@H]21. The lowest BCUT2D eigenvalue weighted by molar-refractivity contribution is 0.129. The molecule has 6 nitrogen and oxygen atoms in total. The quantitative estimate of drug-likeness (QED) is 0.910. The third-order valence-corrected chi connectivity index (χ3v) is 6.71. The molecular weight excluding hydrogens is 328 g/mol. The maximum Gasteiger partial charge on any atom is 0.245 e. The van der Waals surface area contributed by atoms with E-state index in [1.807, 2.05) is 24.3 Å². The highest BCUT2D eigenvalue weighted by molar-refractivity contribution is 7.89. The zero-order chi connectivity index (χ0) is 16.7. The summed E-state index contributed by atoms with van der Waals surface area (Å²) >= 11 is 0. The van der Waals surface area contributed by atoms with Crippen LogP contribution in [0.2, 0.25) is 0 Å². The Balaban J connectivity index is 1.82. The predicted octanol–water partition coefficient (Wildman–Crippen LogP) is 1.44. The maximum absolute atomic E-state index is 13.1. The van der Waals surface area contributed by atoms with Crippen LogP contribution in [0.25, 0.3) is 0 Å². The first-order valence-corrected chi connectivity index (χ1v) is 9.31. The fourth-order valence-corrected chi connectivity index (χ4v) is 5.35. The van der Waals surface area contributed by atoms with Crippen LogP contribution >= 0.6 is 0 Å². The Hall–Kier alpha value is -1.96. The van der Waals surface area contributed by atoms with Crippen LogP contribution in [0, 0.1) is 11.8 Å². The predicted molar refractivity (Wildman–Crippen MR) is 86.9 cm³/mol. The average molecular weight is 346 g/mol. The van der Waals surface area contributed by atoms with Crippen molar-refractivity contribution in [2.75, 3.05) is 19.8 Å². The molecular formula is C17H18N2O4S. The van der Waals surface area contributed by atoms with E-state index in [9.17, 15) is 13.5 Å². The lowest BCUT2D eigenvalue weighted by Crippen LogP contribution is -2.35. The molecule has 1 aromatic carbocycles. The summed E-state index contributed by atoms with van der Waals surface area (Å²) in [6.07, 6.45) is 2.91. The van der Waals surface area contributed by atoms with Crippen LogP contribution in [-0.2, 0) is 10.0 Å². The summed E-state index contributed by atoms with van der Waals surface area (Å²) in [5, 5.41) is 9.72. The first kappa shape index (κ1) is 15.6. The Kier molecular flexibility index (Phi) is 3.79. The molecule has 7 heteroatoms. The van der Waals surface area contributed by atoms with E-state index in [-0.39, 0.29) is 35.9 Å². The molecule has 3 atom stereocenters. The van der Waals surface area contributed by atoms with Crippen LogP contribution in [-0.4, -0.2) is 42.6 Å². The summed E-state index contributed by atoms with van der Waals surface area (Å²) in [7, 11) is -3.69. The van der Waals surface area contributed by atoms with Crippen molar-refractivity contribution in [1.82, 2.24) is 9.29 Å². The first-order valence-electron chi connectivity index (χ1n) is 7.87. The molecule has 0 saturated carbocycles. The first-order chi connectivity index (χ1) is 11.6. The molecule has 0 aliphatic carbocycles. The van der Waals surface area contributed by atoms with Crippen LogP contribution in [0.5, 0.6) is 5.75 Å². The number of nitrogens with zero attached hydrogens (tertiary/aromatic N) is 2. The minimum Gasteiger partial charge on any atom is -0.493 e. The second kappa shape index (κ2) is 5.84. The molecule has 24 heavy (non-hydrogen) atoms. The second-order valence-corrected chi connectivity index (χ2v) is 8.05. The smallest absolute Gasteiger partial charge is 0.245 e. The van der Waals surface area contributed by atoms with Crippen LogP contribution in [0.1, 0.15) is 11.6 Å². The maximum atomic E-state index is 13.1. The summed E-state index contributed by atoms with van der Waals surface area (Å²) in [4.78, 5) is 4.10. The van der Waals surface area contributed by atoms with E-state index in [1.54, 1.807) is 18.3 Å². The third-order valence-electron chi connectivity index (χ3n) is 4.88. The number of sulfonamides is 1. The van der Waals surface area contributed by atoms with Gasteiger partial charge < -0.3 is 9.84 Å². The van der Waals surface area contributed by atoms with Crippen LogP contribution in [0.4, 0.5) is 0 Å². The van der Waals surface area contributed by atoms with Crippen molar-refractivity contribution in [2.24, 2.45) is 11.8 Å². The van der Waals surface area contributed by atoms with Crippen LogP contribution in [0.15, 0.2) is 53.7 Å². The number of rotatable bonds is 3.